The summed E-state index contributed by atoms with van der Waals surface area (Å²) in [6.07, 6.45) is 0. The lowest BCUT2D eigenvalue weighted by Crippen LogP contribution is -2.03. The van der Waals surface area contributed by atoms with Gasteiger partial charge in [-0.3, -0.25) is 9.89 Å². The fourth-order valence-corrected chi connectivity index (χ4v) is 3.73. The number of H-pyrrole nitrogens is 1. The molecule has 0 aliphatic heterocycles. The van der Waals surface area contributed by atoms with Gasteiger partial charge in [-0.05, 0) is 36.4 Å². The van der Waals surface area contributed by atoms with Crippen LogP contribution in [0.5, 0.6) is 0 Å². The van der Waals surface area contributed by atoms with Crippen LogP contribution in [0.4, 0.5) is 0 Å². The van der Waals surface area contributed by atoms with Crippen LogP contribution < -0.4 is 0 Å². The predicted octanol–water partition coefficient (Wildman–Crippen LogP) is 6.06. The monoisotopic (exact) mass is 431 g/mol. The van der Waals surface area contributed by atoms with Crippen LogP contribution in [0, 0.1) is 0 Å². The van der Waals surface area contributed by atoms with E-state index in [9.17, 15) is 4.79 Å². The molecule has 1 N–H and O–H groups in total. The van der Waals surface area contributed by atoms with Gasteiger partial charge >= 0.3 is 0 Å². The van der Waals surface area contributed by atoms with E-state index in [1.165, 1.54) is 17.8 Å². The molecule has 0 aliphatic carbocycles. The molecular formula is C16H9Cl4N3OS. The minimum atomic E-state index is -0.137. The molecule has 3 rings (SSSR count). The van der Waals surface area contributed by atoms with Gasteiger partial charge in [-0.1, -0.05) is 58.2 Å². The Balaban J connectivity index is 1.70. The van der Waals surface area contributed by atoms with Crippen LogP contribution in [0.3, 0.4) is 0 Å². The van der Waals surface area contributed by atoms with Gasteiger partial charge in [0.25, 0.3) is 0 Å². The number of nitrogens with zero attached hydrogens (tertiary/aromatic N) is 2. The average molecular weight is 433 g/mol. The predicted molar refractivity (Wildman–Crippen MR) is 103 cm³/mol. The molecule has 25 heavy (non-hydrogen) atoms. The molecule has 2 aromatic carbocycles. The van der Waals surface area contributed by atoms with Crippen LogP contribution in [0.2, 0.25) is 20.1 Å². The first-order valence-corrected chi connectivity index (χ1v) is 9.42. The largest absolute Gasteiger partial charge is 0.293 e. The maximum Gasteiger partial charge on any atom is 0.209 e. The standard InChI is InChI=1S/C16H9Cl4N3OS/c17-8-1-3-10(12(19)5-8)14(24)7-25-16-21-15(22-23-16)11-4-2-9(18)6-13(11)20/h1-6H,7H2,(H,21,22,23). The Morgan fingerprint density at radius 2 is 1.68 bits per heavy atom. The van der Waals surface area contributed by atoms with Crippen LogP contribution in [-0.2, 0) is 0 Å². The number of thioether (sulfide) groups is 1. The zero-order valence-corrected chi connectivity index (χ0v) is 16.2. The van der Waals surface area contributed by atoms with Crippen molar-refractivity contribution in [1.29, 1.82) is 0 Å². The lowest BCUT2D eigenvalue weighted by atomic mass is 10.1. The zero-order chi connectivity index (χ0) is 18.0. The minimum Gasteiger partial charge on any atom is -0.293 e. The topological polar surface area (TPSA) is 58.6 Å². The summed E-state index contributed by atoms with van der Waals surface area (Å²) in [5.74, 6) is 0.510. The number of benzene rings is 2. The summed E-state index contributed by atoms with van der Waals surface area (Å²) in [5, 5.41) is 9.12. The lowest BCUT2D eigenvalue weighted by Gasteiger charge is -2.02. The maximum absolute atomic E-state index is 12.3. The van der Waals surface area contributed by atoms with E-state index in [1.807, 2.05) is 0 Å². The summed E-state index contributed by atoms with van der Waals surface area (Å²) in [4.78, 5) is 16.6. The molecule has 0 saturated heterocycles. The Morgan fingerprint density at radius 1 is 1.00 bits per heavy atom. The first-order valence-electron chi connectivity index (χ1n) is 6.93. The summed E-state index contributed by atoms with van der Waals surface area (Å²) in [7, 11) is 0. The van der Waals surface area contributed by atoms with Crippen LogP contribution in [0.25, 0.3) is 11.4 Å². The number of carbonyl (C=O) groups is 1. The maximum atomic E-state index is 12.3. The second-order valence-corrected chi connectivity index (χ2v) is 7.56. The Hall–Kier alpha value is -1.24. The second-order valence-electron chi connectivity index (χ2n) is 4.93. The molecule has 0 spiro atoms. The van der Waals surface area contributed by atoms with Gasteiger partial charge < -0.3 is 0 Å². The first-order chi connectivity index (χ1) is 11.9. The smallest absolute Gasteiger partial charge is 0.209 e. The van der Waals surface area contributed by atoms with E-state index < -0.39 is 0 Å². The van der Waals surface area contributed by atoms with E-state index in [4.69, 9.17) is 46.4 Å². The first kappa shape index (κ1) is 18.5. The number of hydrogen-bond donors (Lipinski definition) is 1. The third kappa shape index (κ3) is 4.49. The number of rotatable bonds is 5. The molecule has 0 amide bonds. The van der Waals surface area contributed by atoms with Gasteiger partial charge in [0.15, 0.2) is 11.6 Å². The van der Waals surface area contributed by atoms with Crippen molar-refractivity contribution >= 4 is 63.9 Å². The third-order valence-electron chi connectivity index (χ3n) is 3.22. The van der Waals surface area contributed by atoms with E-state index in [2.05, 4.69) is 15.2 Å². The summed E-state index contributed by atoms with van der Waals surface area (Å²) in [6, 6.07) is 9.85. The van der Waals surface area contributed by atoms with Gasteiger partial charge in [-0.25, -0.2) is 4.98 Å². The van der Waals surface area contributed by atoms with Crippen molar-refractivity contribution < 1.29 is 4.79 Å². The molecule has 0 atom stereocenters. The van der Waals surface area contributed by atoms with Crippen LogP contribution in [0.1, 0.15) is 10.4 Å². The summed E-state index contributed by atoms with van der Waals surface area (Å²) < 4.78 is 0. The number of carbonyl (C=O) groups excluding carboxylic acids is 1. The highest BCUT2D eigenvalue weighted by Crippen LogP contribution is 2.29. The number of aromatic amines is 1. The summed E-state index contributed by atoms with van der Waals surface area (Å²) >= 11 is 25.1. The number of ketones is 1. The third-order valence-corrected chi connectivity index (χ3v) is 5.16. The second kappa shape index (κ2) is 7.98. The lowest BCUT2D eigenvalue weighted by molar-refractivity contribution is 0.102. The van der Waals surface area contributed by atoms with E-state index >= 15 is 0 Å². The van der Waals surface area contributed by atoms with E-state index in [-0.39, 0.29) is 11.5 Å². The van der Waals surface area contributed by atoms with Crippen molar-refractivity contribution in [1.82, 2.24) is 15.2 Å². The Kier molecular flexibility index (Phi) is 5.92. The summed E-state index contributed by atoms with van der Waals surface area (Å²) in [6.45, 7) is 0. The zero-order valence-electron chi connectivity index (χ0n) is 12.4. The molecule has 3 aromatic rings. The molecule has 4 nitrogen and oxygen atoms in total. The minimum absolute atomic E-state index is 0.137. The van der Waals surface area contributed by atoms with E-state index in [0.29, 0.717) is 42.2 Å². The molecule has 0 bridgehead atoms. The van der Waals surface area contributed by atoms with Crippen molar-refractivity contribution in [2.45, 2.75) is 5.16 Å². The van der Waals surface area contributed by atoms with Crippen molar-refractivity contribution in [3.8, 4) is 11.4 Å². The quantitative estimate of drug-likeness (QED) is 0.393. The molecular weight excluding hydrogens is 424 g/mol. The van der Waals surface area contributed by atoms with E-state index in [0.717, 1.165) is 0 Å². The molecule has 128 valence electrons. The Morgan fingerprint density at radius 3 is 2.36 bits per heavy atom. The van der Waals surface area contributed by atoms with Crippen LogP contribution in [-0.4, -0.2) is 26.7 Å². The average Bonchev–Trinajstić information content (AvgIpc) is 3.01. The van der Waals surface area contributed by atoms with Crippen molar-refractivity contribution in [3.63, 3.8) is 0 Å². The van der Waals surface area contributed by atoms with Gasteiger partial charge in [-0.2, -0.15) is 0 Å². The molecule has 1 aromatic heterocycles. The molecule has 1 heterocycles. The van der Waals surface area contributed by atoms with Gasteiger partial charge in [-0.15, -0.1) is 5.10 Å². The summed E-state index contributed by atoms with van der Waals surface area (Å²) in [5.41, 5.74) is 1.09. The number of nitrogens with one attached hydrogen (secondary N) is 1. The van der Waals surface area contributed by atoms with Gasteiger partial charge in [0.05, 0.1) is 15.8 Å². The number of aromatic nitrogens is 3. The normalized spacial score (nSPS) is 10.9. The van der Waals surface area contributed by atoms with Crippen LogP contribution >= 0.6 is 58.2 Å². The molecule has 0 saturated carbocycles. The van der Waals surface area contributed by atoms with Gasteiger partial charge in [0, 0.05) is 21.2 Å². The fourth-order valence-electron chi connectivity index (χ4n) is 2.04. The number of hydrogen-bond acceptors (Lipinski definition) is 4. The van der Waals surface area contributed by atoms with Gasteiger partial charge in [0.1, 0.15) is 0 Å². The Labute approximate surface area is 167 Å². The highest BCUT2D eigenvalue weighted by Gasteiger charge is 2.14. The molecule has 0 radical (unpaired) electrons. The molecule has 0 unspecified atom stereocenters. The number of Topliss-reactive ketones (excluding diaryl/α,β-unsaturated/α-hetero) is 1. The highest BCUT2D eigenvalue weighted by atomic mass is 35.5. The van der Waals surface area contributed by atoms with E-state index in [1.54, 1.807) is 30.3 Å². The molecule has 9 heteroatoms. The Bertz CT molecular complexity index is 945. The van der Waals surface area contributed by atoms with Crippen molar-refractivity contribution in [3.05, 3.63) is 62.1 Å². The highest BCUT2D eigenvalue weighted by molar-refractivity contribution is 7.99. The van der Waals surface area contributed by atoms with Gasteiger partial charge in [0.2, 0.25) is 5.16 Å². The van der Waals surface area contributed by atoms with Crippen molar-refractivity contribution in [2.75, 3.05) is 5.75 Å². The fraction of sp³-hybridized carbons (Fsp3) is 0.0625. The van der Waals surface area contributed by atoms with Crippen molar-refractivity contribution in [2.24, 2.45) is 0 Å². The molecule has 0 fully saturated rings. The number of halogens is 4. The SMILES string of the molecule is O=C(CSc1n[nH]c(-c2ccc(Cl)cc2Cl)n1)c1ccc(Cl)cc1Cl. The molecule has 0 aliphatic rings. The van der Waals surface area contributed by atoms with Crippen LogP contribution in [0.15, 0.2) is 41.6 Å².